The molecule has 1 aliphatic rings. The van der Waals surface area contributed by atoms with Gasteiger partial charge in [-0.3, -0.25) is 9.56 Å². The predicted molar refractivity (Wildman–Crippen MR) is 197 cm³/mol. The minimum atomic E-state index is -0.301. The molecule has 0 saturated heterocycles. The molecule has 47 heavy (non-hydrogen) atoms. The van der Waals surface area contributed by atoms with Crippen LogP contribution >= 0.6 is 0 Å². The van der Waals surface area contributed by atoms with Gasteiger partial charge in [0.1, 0.15) is 5.65 Å². The summed E-state index contributed by atoms with van der Waals surface area (Å²) < 4.78 is 1.58. The Kier molecular flexibility index (Phi) is 12.0. The number of guanidine groups is 1. The van der Waals surface area contributed by atoms with Gasteiger partial charge in [0.25, 0.3) is 0 Å². The Balaban J connectivity index is 0.000000238. The highest BCUT2D eigenvalue weighted by atomic mass is 16.1. The molecule has 0 radical (unpaired) electrons. The molecular formula is C38H56N8O. The first kappa shape index (κ1) is 35.9. The van der Waals surface area contributed by atoms with Crippen molar-refractivity contribution in [2.75, 3.05) is 19.6 Å². The van der Waals surface area contributed by atoms with Crippen molar-refractivity contribution in [2.45, 2.75) is 103 Å². The number of nitrogens with one attached hydrogen (secondary N) is 2. The van der Waals surface area contributed by atoms with E-state index in [1.807, 2.05) is 30.5 Å². The van der Waals surface area contributed by atoms with E-state index in [1.165, 1.54) is 36.8 Å². The number of fused-ring (bicyclic) bond motifs is 1. The zero-order valence-electron chi connectivity index (χ0n) is 29.3. The maximum Gasteiger partial charge on any atom is 0.354 e. The molecular weight excluding hydrogens is 584 g/mol. The molecule has 0 bridgehead atoms. The molecule has 254 valence electrons. The van der Waals surface area contributed by atoms with E-state index < -0.39 is 0 Å². The number of benzene rings is 2. The van der Waals surface area contributed by atoms with E-state index in [0.717, 1.165) is 60.7 Å². The lowest BCUT2D eigenvalue weighted by atomic mass is 9.84. The van der Waals surface area contributed by atoms with Crippen molar-refractivity contribution < 1.29 is 0 Å². The number of hydrogen-bond donors (Lipinski definition) is 5. The molecule has 0 spiro atoms. The normalized spacial score (nSPS) is 13.3. The molecule has 1 fully saturated rings. The van der Waals surface area contributed by atoms with Crippen molar-refractivity contribution in [3.05, 3.63) is 93.2 Å². The van der Waals surface area contributed by atoms with E-state index in [9.17, 15) is 4.79 Å². The lowest BCUT2D eigenvalue weighted by Crippen LogP contribution is -2.23. The van der Waals surface area contributed by atoms with Crippen molar-refractivity contribution in [3.63, 3.8) is 0 Å². The Hall–Kier alpha value is -3.95. The maximum atomic E-state index is 12.5. The summed E-state index contributed by atoms with van der Waals surface area (Å²) in [4.78, 5) is 23.9. The Labute approximate surface area is 280 Å². The van der Waals surface area contributed by atoms with Crippen LogP contribution < -0.4 is 28.2 Å². The number of rotatable bonds is 12. The van der Waals surface area contributed by atoms with E-state index in [2.05, 4.69) is 86.1 Å². The molecule has 1 aliphatic carbocycles. The van der Waals surface area contributed by atoms with Crippen molar-refractivity contribution in [3.8, 4) is 5.69 Å². The number of aromatic nitrogens is 3. The Morgan fingerprint density at radius 3 is 2.30 bits per heavy atom. The molecule has 8 N–H and O–H groups in total. The number of aromatic amines is 1. The Morgan fingerprint density at radius 2 is 1.68 bits per heavy atom. The quantitative estimate of drug-likeness (QED) is 0.0738. The number of nitrogens with two attached hydrogens (primary N) is 3. The fourth-order valence-corrected chi connectivity index (χ4v) is 5.42. The van der Waals surface area contributed by atoms with Gasteiger partial charge in [0.15, 0.2) is 5.96 Å². The van der Waals surface area contributed by atoms with Gasteiger partial charge in [-0.2, -0.15) is 4.98 Å². The summed E-state index contributed by atoms with van der Waals surface area (Å²) in [6.07, 6.45) is 9.01. The fourth-order valence-electron chi connectivity index (χ4n) is 5.42. The minimum absolute atomic E-state index is 0.0352. The highest BCUT2D eigenvalue weighted by Gasteiger charge is 2.26. The molecule has 0 unspecified atom stereocenters. The second-order valence-corrected chi connectivity index (χ2v) is 14.9. The Morgan fingerprint density at radius 1 is 0.957 bits per heavy atom. The standard InChI is InChI=1S/C21H29N7O.C17H27N/c1-21(2,3)17-11-15-13-28(20(29)27-18(15)26-17)16-7-5-14(6-8-16)12-24-9-4-10-25-19(22)23;1-17(2,3)16-11-13(6-4-5-9-18)10-15(12-16)14-7-8-14/h5-8,11,13,24H,4,9-10,12H2,1-3H3,(H4,22,23,25)(H,26,27,29);10-12,14H,4-9,18H2,1-3H3. The van der Waals surface area contributed by atoms with Crippen molar-refractivity contribution in [1.29, 1.82) is 0 Å². The maximum absolute atomic E-state index is 12.5. The van der Waals surface area contributed by atoms with Crippen LogP contribution in [0.4, 0.5) is 0 Å². The molecule has 2 heterocycles. The van der Waals surface area contributed by atoms with Gasteiger partial charge in [0.2, 0.25) is 0 Å². The van der Waals surface area contributed by atoms with Crippen molar-refractivity contribution in [1.82, 2.24) is 19.9 Å². The third kappa shape index (κ3) is 10.8. The van der Waals surface area contributed by atoms with E-state index in [0.29, 0.717) is 12.2 Å². The van der Waals surface area contributed by atoms with Crippen LogP contribution in [0.1, 0.15) is 108 Å². The number of hydrogen-bond acceptors (Lipinski definition) is 5. The van der Waals surface area contributed by atoms with Crippen LogP contribution in [-0.4, -0.2) is 40.1 Å². The van der Waals surface area contributed by atoms with Crippen molar-refractivity contribution in [2.24, 2.45) is 22.2 Å². The topological polar surface area (TPSA) is 153 Å². The molecule has 2 aromatic carbocycles. The lowest BCUT2D eigenvalue weighted by Gasteiger charge is -2.21. The van der Waals surface area contributed by atoms with Gasteiger partial charge in [-0.05, 0) is 103 Å². The summed E-state index contributed by atoms with van der Waals surface area (Å²) in [5, 5.41) is 4.27. The van der Waals surface area contributed by atoms with E-state index in [1.54, 1.807) is 10.1 Å². The molecule has 4 aromatic rings. The van der Waals surface area contributed by atoms with Crippen LogP contribution in [0.25, 0.3) is 16.7 Å². The minimum Gasteiger partial charge on any atom is -0.370 e. The molecule has 9 heteroatoms. The van der Waals surface area contributed by atoms with Crippen LogP contribution in [0.5, 0.6) is 0 Å². The zero-order chi connectivity index (χ0) is 34.2. The summed E-state index contributed by atoms with van der Waals surface area (Å²) in [5.74, 6) is 0.971. The summed E-state index contributed by atoms with van der Waals surface area (Å²) in [6.45, 7) is 16.3. The molecule has 5 rings (SSSR count). The molecule has 1 saturated carbocycles. The fraction of sp³-hybridized carbons (Fsp3) is 0.500. The number of H-pyrrole nitrogens is 1. The molecule has 9 nitrogen and oxygen atoms in total. The Bertz CT molecular complexity index is 1680. The number of aliphatic imine (C=N–C) groups is 1. The van der Waals surface area contributed by atoms with E-state index >= 15 is 0 Å². The number of nitrogens with zero attached hydrogens (tertiary/aromatic N) is 3. The van der Waals surface area contributed by atoms with Gasteiger partial charge >= 0.3 is 5.69 Å². The van der Waals surface area contributed by atoms with Crippen LogP contribution in [0.3, 0.4) is 0 Å². The first-order valence-corrected chi connectivity index (χ1v) is 17.1. The van der Waals surface area contributed by atoms with E-state index in [-0.39, 0.29) is 22.5 Å². The summed E-state index contributed by atoms with van der Waals surface area (Å²) in [6, 6.07) is 17.2. The average molecular weight is 641 g/mol. The largest absolute Gasteiger partial charge is 0.370 e. The van der Waals surface area contributed by atoms with Crippen LogP contribution in [-0.2, 0) is 23.8 Å². The first-order valence-electron chi connectivity index (χ1n) is 17.1. The van der Waals surface area contributed by atoms with Crippen LogP contribution in [0, 0.1) is 0 Å². The number of unbranched alkanes of at least 4 members (excludes halogenated alkanes) is 1. The summed E-state index contributed by atoms with van der Waals surface area (Å²) in [5.41, 5.74) is 24.3. The summed E-state index contributed by atoms with van der Waals surface area (Å²) in [7, 11) is 0. The van der Waals surface area contributed by atoms with E-state index in [4.69, 9.17) is 17.2 Å². The second kappa shape index (κ2) is 15.8. The van der Waals surface area contributed by atoms with Gasteiger partial charge in [-0.1, -0.05) is 71.9 Å². The zero-order valence-corrected chi connectivity index (χ0v) is 29.3. The lowest BCUT2D eigenvalue weighted by molar-refractivity contribution is 0.574. The second-order valence-electron chi connectivity index (χ2n) is 14.9. The van der Waals surface area contributed by atoms with Gasteiger partial charge in [0.05, 0.1) is 5.69 Å². The monoisotopic (exact) mass is 640 g/mol. The van der Waals surface area contributed by atoms with Crippen LogP contribution in [0.15, 0.2) is 64.5 Å². The van der Waals surface area contributed by atoms with Crippen LogP contribution in [0.2, 0.25) is 0 Å². The predicted octanol–water partition coefficient (Wildman–Crippen LogP) is 5.91. The van der Waals surface area contributed by atoms with Crippen molar-refractivity contribution >= 4 is 17.0 Å². The highest BCUT2D eigenvalue weighted by Crippen LogP contribution is 2.42. The average Bonchev–Trinajstić information content (AvgIpc) is 3.77. The SMILES string of the molecule is CC(C)(C)c1cc(CCCCN)cc(C2CC2)c1.CC(C)(C)c1cc2cn(-c3ccc(CNCCCN=C(N)N)cc3)c(=O)nc2[nH]1. The molecule has 0 atom stereocenters. The smallest absolute Gasteiger partial charge is 0.354 e. The first-order chi connectivity index (χ1) is 22.2. The summed E-state index contributed by atoms with van der Waals surface area (Å²) >= 11 is 0. The number of aryl methyl sites for hydroxylation is 1. The van der Waals surface area contributed by atoms with Gasteiger partial charge < -0.3 is 27.5 Å². The highest BCUT2D eigenvalue weighted by molar-refractivity contribution is 5.76. The van der Waals surface area contributed by atoms with Gasteiger partial charge in [0, 0.05) is 35.8 Å². The molecule has 0 aliphatic heterocycles. The third-order valence-corrected chi connectivity index (χ3v) is 8.52. The third-order valence-electron chi connectivity index (χ3n) is 8.52. The van der Waals surface area contributed by atoms with Gasteiger partial charge in [-0.25, -0.2) is 4.79 Å². The van der Waals surface area contributed by atoms with Gasteiger partial charge in [-0.15, -0.1) is 0 Å². The molecule has 0 amide bonds. The molecule has 2 aromatic heterocycles.